The highest BCUT2D eigenvalue weighted by Gasteiger charge is 2.33. The van der Waals surface area contributed by atoms with Crippen LogP contribution in [0.4, 0.5) is 5.82 Å². The molecule has 1 aromatic carbocycles. The molecule has 0 radical (unpaired) electrons. The van der Waals surface area contributed by atoms with Crippen LogP contribution < -0.4 is 10.2 Å². The molecule has 2 aromatic rings. The van der Waals surface area contributed by atoms with Crippen molar-refractivity contribution in [2.75, 3.05) is 31.1 Å². The SMILES string of the molecule is CC(=O)NCC(=O)N1CCC[C@H]1c1nc(C)c2c(n1)N(CCc1ccccc1)CCC2. The van der Waals surface area contributed by atoms with Crippen molar-refractivity contribution in [3.8, 4) is 0 Å². The summed E-state index contributed by atoms with van der Waals surface area (Å²) in [4.78, 5) is 37.9. The van der Waals surface area contributed by atoms with E-state index in [-0.39, 0.29) is 24.4 Å². The number of aromatic nitrogens is 2. The third-order valence-corrected chi connectivity index (χ3v) is 6.24. The lowest BCUT2D eigenvalue weighted by molar-refractivity contribution is -0.133. The van der Waals surface area contributed by atoms with Gasteiger partial charge in [0, 0.05) is 37.8 Å². The number of rotatable bonds is 6. The van der Waals surface area contributed by atoms with Crippen LogP contribution >= 0.6 is 0 Å². The molecule has 2 aliphatic rings. The average molecular weight is 422 g/mol. The van der Waals surface area contributed by atoms with Gasteiger partial charge in [-0.3, -0.25) is 9.59 Å². The molecule has 0 bridgehead atoms. The molecule has 2 aliphatic heterocycles. The summed E-state index contributed by atoms with van der Waals surface area (Å²) < 4.78 is 0. The van der Waals surface area contributed by atoms with Crippen LogP contribution in [0.1, 0.15) is 54.9 Å². The minimum absolute atomic E-state index is 0.0267. The quantitative estimate of drug-likeness (QED) is 0.776. The van der Waals surface area contributed by atoms with Gasteiger partial charge >= 0.3 is 0 Å². The van der Waals surface area contributed by atoms with Crippen molar-refractivity contribution in [3.63, 3.8) is 0 Å². The maximum atomic E-state index is 12.7. The van der Waals surface area contributed by atoms with E-state index in [1.54, 1.807) is 0 Å². The van der Waals surface area contributed by atoms with E-state index < -0.39 is 0 Å². The summed E-state index contributed by atoms with van der Waals surface area (Å²) in [6.07, 6.45) is 4.86. The fraction of sp³-hybridized carbons (Fsp3) is 0.500. The Kier molecular flexibility index (Phi) is 6.49. The summed E-state index contributed by atoms with van der Waals surface area (Å²) >= 11 is 0. The first-order valence-corrected chi connectivity index (χ1v) is 11.2. The molecular formula is C24H31N5O2. The molecule has 7 heteroatoms. The van der Waals surface area contributed by atoms with Crippen LogP contribution in [0.5, 0.6) is 0 Å². The Morgan fingerprint density at radius 2 is 1.94 bits per heavy atom. The predicted molar refractivity (Wildman–Crippen MR) is 120 cm³/mol. The van der Waals surface area contributed by atoms with Crippen molar-refractivity contribution >= 4 is 17.6 Å². The van der Waals surface area contributed by atoms with Crippen LogP contribution in [0.2, 0.25) is 0 Å². The fourth-order valence-corrected chi connectivity index (χ4v) is 4.62. The van der Waals surface area contributed by atoms with Crippen molar-refractivity contribution < 1.29 is 9.59 Å². The number of carbonyl (C=O) groups is 2. The molecule has 0 unspecified atom stereocenters. The van der Waals surface area contributed by atoms with Gasteiger partial charge in [-0.2, -0.15) is 0 Å². The minimum atomic E-state index is -0.195. The van der Waals surface area contributed by atoms with E-state index >= 15 is 0 Å². The van der Waals surface area contributed by atoms with Crippen molar-refractivity contribution in [2.24, 2.45) is 0 Å². The van der Waals surface area contributed by atoms with Crippen LogP contribution in [0.3, 0.4) is 0 Å². The number of hydrogen-bond acceptors (Lipinski definition) is 5. The number of carbonyl (C=O) groups excluding carboxylic acids is 2. The van der Waals surface area contributed by atoms with Gasteiger partial charge in [0.2, 0.25) is 11.8 Å². The van der Waals surface area contributed by atoms with Crippen LogP contribution in [0.25, 0.3) is 0 Å². The van der Waals surface area contributed by atoms with Gasteiger partial charge in [0.05, 0.1) is 12.6 Å². The van der Waals surface area contributed by atoms with Crippen LogP contribution in [0, 0.1) is 6.92 Å². The molecule has 2 amide bonds. The number of anilines is 1. The highest BCUT2D eigenvalue weighted by Crippen LogP contribution is 2.34. The van der Waals surface area contributed by atoms with Gasteiger partial charge in [-0.1, -0.05) is 30.3 Å². The first-order chi connectivity index (χ1) is 15.0. The Morgan fingerprint density at radius 3 is 2.71 bits per heavy atom. The lowest BCUT2D eigenvalue weighted by Crippen LogP contribution is -2.40. The molecule has 1 saturated heterocycles. The Hall–Kier alpha value is -2.96. The Bertz CT molecular complexity index is 946. The zero-order valence-corrected chi connectivity index (χ0v) is 18.4. The normalized spacial score (nSPS) is 18.1. The third kappa shape index (κ3) is 4.86. The molecule has 0 saturated carbocycles. The second kappa shape index (κ2) is 9.45. The predicted octanol–water partition coefficient (Wildman–Crippen LogP) is 2.58. The molecular weight excluding hydrogens is 390 g/mol. The lowest BCUT2D eigenvalue weighted by atomic mass is 10.0. The van der Waals surface area contributed by atoms with E-state index in [2.05, 4.69) is 41.4 Å². The minimum Gasteiger partial charge on any atom is -0.356 e. The summed E-state index contributed by atoms with van der Waals surface area (Å²) in [6, 6.07) is 10.4. The van der Waals surface area contributed by atoms with Gasteiger partial charge in [-0.15, -0.1) is 0 Å². The Morgan fingerprint density at radius 1 is 1.13 bits per heavy atom. The number of benzene rings is 1. The van der Waals surface area contributed by atoms with Gasteiger partial charge < -0.3 is 15.1 Å². The second-order valence-corrected chi connectivity index (χ2v) is 8.45. The second-order valence-electron chi connectivity index (χ2n) is 8.45. The maximum absolute atomic E-state index is 12.7. The molecule has 0 spiro atoms. The number of amides is 2. The number of fused-ring (bicyclic) bond motifs is 1. The number of hydrogen-bond donors (Lipinski definition) is 1. The Labute approximate surface area is 183 Å². The van der Waals surface area contributed by atoms with Crippen molar-refractivity contribution in [3.05, 3.63) is 53.0 Å². The van der Waals surface area contributed by atoms with Crippen molar-refractivity contribution in [1.29, 1.82) is 0 Å². The molecule has 1 atom stereocenters. The third-order valence-electron chi connectivity index (χ3n) is 6.24. The van der Waals surface area contributed by atoms with Gasteiger partial charge in [0.1, 0.15) is 5.82 Å². The van der Waals surface area contributed by atoms with Crippen LogP contribution in [-0.2, 0) is 22.4 Å². The summed E-state index contributed by atoms with van der Waals surface area (Å²) in [5.41, 5.74) is 3.58. The zero-order valence-electron chi connectivity index (χ0n) is 18.4. The smallest absolute Gasteiger partial charge is 0.242 e. The lowest BCUT2D eigenvalue weighted by Gasteiger charge is -2.32. The molecule has 1 aromatic heterocycles. The average Bonchev–Trinajstić information content (AvgIpc) is 3.27. The van der Waals surface area contributed by atoms with Crippen molar-refractivity contribution in [1.82, 2.24) is 20.2 Å². The van der Waals surface area contributed by atoms with E-state index in [0.29, 0.717) is 6.54 Å². The monoisotopic (exact) mass is 421 g/mol. The number of aryl methyl sites for hydroxylation is 1. The van der Waals surface area contributed by atoms with Gasteiger partial charge in [0.25, 0.3) is 0 Å². The number of nitrogens with zero attached hydrogens (tertiary/aromatic N) is 4. The molecule has 3 heterocycles. The van der Waals surface area contributed by atoms with E-state index in [0.717, 1.165) is 62.5 Å². The summed E-state index contributed by atoms with van der Waals surface area (Å²) in [7, 11) is 0. The molecule has 0 aliphatic carbocycles. The standard InChI is InChI=1S/C24H31N5O2/c1-17-20-10-6-13-28(15-12-19-8-4-3-5-9-19)24(20)27-23(26-17)21-11-7-14-29(21)22(31)16-25-18(2)30/h3-5,8-9,21H,6-7,10-16H2,1-2H3,(H,25,30)/t21-/m0/s1. The van der Waals surface area contributed by atoms with E-state index in [1.807, 2.05) is 11.0 Å². The largest absolute Gasteiger partial charge is 0.356 e. The zero-order chi connectivity index (χ0) is 21.8. The van der Waals surface area contributed by atoms with E-state index in [1.165, 1.54) is 18.1 Å². The van der Waals surface area contributed by atoms with Gasteiger partial charge in [-0.25, -0.2) is 9.97 Å². The van der Waals surface area contributed by atoms with E-state index in [9.17, 15) is 9.59 Å². The molecule has 31 heavy (non-hydrogen) atoms. The van der Waals surface area contributed by atoms with Crippen molar-refractivity contribution in [2.45, 2.75) is 52.0 Å². The molecule has 164 valence electrons. The van der Waals surface area contributed by atoms with Gasteiger partial charge in [0.15, 0.2) is 5.82 Å². The number of likely N-dealkylation sites (tertiary alicyclic amines) is 1. The topological polar surface area (TPSA) is 78.4 Å². The number of nitrogens with one attached hydrogen (secondary N) is 1. The first-order valence-electron chi connectivity index (χ1n) is 11.2. The molecule has 7 nitrogen and oxygen atoms in total. The first kappa shape index (κ1) is 21.3. The molecule has 4 rings (SSSR count). The van der Waals surface area contributed by atoms with Gasteiger partial charge in [-0.05, 0) is 44.6 Å². The molecule has 1 N–H and O–H groups in total. The van der Waals surface area contributed by atoms with Crippen LogP contribution in [-0.4, -0.2) is 52.9 Å². The Balaban J connectivity index is 1.55. The van der Waals surface area contributed by atoms with Crippen LogP contribution in [0.15, 0.2) is 30.3 Å². The summed E-state index contributed by atoms with van der Waals surface area (Å²) in [5.74, 6) is 1.50. The fourth-order valence-electron chi connectivity index (χ4n) is 4.62. The van der Waals surface area contributed by atoms with E-state index in [4.69, 9.17) is 9.97 Å². The molecule has 1 fully saturated rings. The summed E-state index contributed by atoms with van der Waals surface area (Å²) in [5, 5.41) is 2.62. The maximum Gasteiger partial charge on any atom is 0.242 e. The highest BCUT2D eigenvalue weighted by atomic mass is 16.2. The highest BCUT2D eigenvalue weighted by molar-refractivity contribution is 5.84. The summed E-state index contributed by atoms with van der Waals surface area (Å²) in [6.45, 7) is 6.10.